The van der Waals surface area contributed by atoms with Crippen LogP contribution in [0.3, 0.4) is 0 Å². The number of rotatable bonds is 1. The smallest absolute Gasteiger partial charge is 0.409 e. The number of hydrogen-bond acceptors (Lipinski definition) is 2. The van der Waals surface area contributed by atoms with E-state index in [1.165, 1.54) is 0 Å². The van der Waals surface area contributed by atoms with E-state index < -0.39 is 6.09 Å². The van der Waals surface area contributed by atoms with Gasteiger partial charge in [-0.05, 0) is 11.3 Å². The average Bonchev–Trinajstić information content (AvgIpc) is 1.93. The minimum atomic E-state index is -0.756. The average molecular weight is 167 g/mol. The molecule has 0 spiro atoms. The molecule has 0 heterocycles. The normalized spacial score (nSPS) is 9.45. The molecule has 0 bridgehead atoms. The molecule has 0 saturated heterocycles. The van der Waals surface area contributed by atoms with Gasteiger partial charge in [0.15, 0.2) is 0 Å². The second-order valence-electron chi connectivity index (χ2n) is 2.19. The summed E-state index contributed by atoms with van der Waals surface area (Å²) in [5, 5.41) is 1.03. The molecule has 2 N–H and O–H groups in total. The van der Waals surface area contributed by atoms with Crippen molar-refractivity contribution >= 4 is 21.5 Å². The molecule has 0 atom stereocenters. The van der Waals surface area contributed by atoms with Crippen molar-refractivity contribution in [3.63, 3.8) is 0 Å². The predicted octanol–water partition coefficient (Wildman–Crippen LogP) is -0.865. The van der Waals surface area contributed by atoms with Gasteiger partial charge in [0.05, 0.1) is 0 Å². The number of hydrogen-bond donors (Lipinski definition) is 1. The van der Waals surface area contributed by atoms with Crippen LogP contribution in [0.4, 0.5) is 4.79 Å². The zero-order valence-corrected chi connectivity index (χ0v) is 8.20. The summed E-state index contributed by atoms with van der Waals surface area (Å²) >= 11 is 0. The van der Waals surface area contributed by atoms with Crippen molar-refractivity contribution in [1.29, 1.82) is 0 Å². The Kier molecular flexibility index (Phi) is 2.27. The van der Waals surface area contributed by atoms with Crippen LogP contribution in [0.25, 0.3) is 0 Å². The Balaban J connectivity index is 2.86. The Labute approximate surface area is 67.6 Å². The maximum atomic E-state index is 10.3. The summed E-state index contributed by atoms with van der Waals surface area (Å²) in [5.41, 5.74) is 4.85. The summed E-state index contributed by atoms with van der Waals surface area (Å²) in [7, 11) is 0.848. The van der Waals surface area contributed by atoms with Gasteiger partial charge in [0, 0.05) is 10.2 Å². The fourth-order valence-electron chi connectivity index (χ4n) is 0.779. The summed E-state index contributed by atoms with van der Waals surface area (Å²) in [4.78, 5) is 10.3. The molecule has 11 heavy (non-hydrogen) atoms. The van der Waals surface area contributed by atoms with Gasteiger partial charge >= 0.3 is 6.09 Å². The van der Waals surface area contributed by atoms with E-state index in [1.807, 2.05) is 12.1 Å². The van der Waals surface area contributed by atoms with Crippen LogP contribution in [0.2, 0.25) is 0 Å². The first-order valence-electron chi connectivity index (χ1n) is 3.23. The highest BCUT2D eigenvalue weighted by atomic mass is 28.1. The third kappa shape index (κ3) is 2.08. The molecule has 0 fully saturated rings. The van der Waals surface area contributed by atoms with Crippen molar-refractivity contribution in [1.82, 2.24) is 0 Å². The van der Waals surface area contributed by atoms with Crippen molar-refractivity contribution in [3.8, 4) is 5.75 Å². The summed E-state index contributed by atoms with van der Waals surface area (Å²) in [5.74, 6) is 0.576. The first kappa shape index (κ1) is 7.81. The molecule has 0 aliphatic rings. The lowest BCUT2D eigenvalue weighted by Gasteiger charge is -2.02. The van der Waals surface area contributed by atoms with Crippen molar-refractivity contribution in [3.05, 3.63) is 24.3 Å². The molecule has 58 valence electrons. The van der Waals surface area contributed by atoms with Gasteiger partial charge in [-0.3, -0.25) is 0 Å². The van der Waals surface area contributed by atoms with E-state index in [-0.39, 0.29) is 0 Å². The van der Waals surface area contributed by atoms with Gasteiger partial charge in [-0.2, -0.15) is 0 Å². The SMILES string of the molecule is NC(=O)Oc1ccccc1[SiH3]. The molecule has 0 aliphatic carbocycles. The Morgan fingerprint density at radius 3 is 2.64 bits per heavy atom. The Hall–Kier alpha value is -1.29. The first-order valence-corrected chi connectivity index (χ1v) is 4.23. The van der Waals surface area contributed by atoms with E-state index in [1.54, 1.807) is 12.1 Å². The number of para-hydroxylation sites is 1. The number of primary amides is 1. The van der Waals surface area contributed by atoms with Crippen LogP contribution in [-0.4, -0.2) is 16.3 Å². The number of carbonyl (C=O) groups is 1. The second kappa shape index (κ2) is 3.20. The van der Waals surface area contributed by atoms with Crippen molar-refractivity contribution in [2.45, 2.75) is 0 Å². The van der Waals surface area contributed by atoms with Gasteiger partial charge in [0.2, 0.25) is 0 Å². The van der Waals surface area contributed by atoms with Gasteiger partial charge in [0.25, 0.3) is 0 Å². The van der Waals surface area contributed by atoms with E-state index in [9.17, 15) is 4.79 Å². The van der Waals surface area contributed by atoms with Gasteiger partial charge in [-0.15, -0.1) is 0 Å². The van der Waals surface area contributed by atoms with Crippen LogP contribution in [0.15, 0.2) is 24.3 Å². The van der Waals surface area contributed by atoms with E-state index in [0.29, 0.717) is 5.75 Å². The highest BCUT2D eigenvalue weighted by Crippen LogP contribution is 2.03. The Bertz CT molecular complexity index is 275. The number of carbonyl (C=O) groups excluding carboxylic acids is 1. The zero-order chi connectivity index (χ0) is 8.27. The molecular formula is C7H9NO2Si. The van der Waals surface area contributed by atoms with Crippen LogP contribution in [0.5, 0.6) is 5.75 Å². The summed E-state index contributed by atoms with van der Waals surface area (Å²) in [6.45, 7) is 0. The van der Waals surface area contributed by atoms with E-state index in [4.69, 9.17) is 10.5 Å². The van der Waals surface area contributed by atoms with E-state index >= 15 is 0 Å². The summed E-state index contributed by atoms with van der Waals surface area (Å²) < 4.78 is 4.72. The van der Waals surface area contributed by atoms with Gasteiger partial charge < -0.3 is 10.5 Å². The molecule has 1 aromatic rings. The highest BCUT2D eigenvalue weighted by molar-refractivity contribution is 6.34. The lowest BCUT2D eigenvalue weighted by Crippen LogP contribution is -2.20. The van der Waals surface area contributed by atoms with E-state index in [0.717, 1.165) is 15.4 Å². The third-order valence-electron chi connectivity index (χ3n) is 1.30. The molecule has 1 aromatic carbocycles. The molecule has 0 aliphatic heterocycles. The molecule has 1 amide bonds. The topological polar surface area (TPSA) is 52.3 Å². The van der Waals surface area contributed by atoms with Crippen molar-refractivity contribution < 1.29 is 9.53 Å². The molecule has 0 radical (unpaired) electrons. The third-order valence-corrected chi connectivity index (χ3v) is 2.13. The van der Waals surface area contributed by atoms with Gasteiger partial charge in [0.1, 0.15) is 5.75 Å². The molecule has 1 rings (SSSR count). The first-order chi connectivity index (χ1) is 5.20. The van der Waals surface area contributed by atoms with Crippen LogP contribution in [-0.2, 0) is 0 Å². The fraction of sp³-hybridized carbons (Fsp3) is 0. The largest absolute Gasteiger partial charge is 0.411 e. The van der Waals surface area contributed by atoms with E-state index in [2.05, 4.69) is 0 Å². The fourth-order valence-corrected chi connectivity index (χ4v) is 1.24. The number of nitrogens with two attached hydrogens (primary N) is 1. The molecular weight excluding hydrogens is 158 g/mol. The van der Waals surface area contributed by atoms with Crippen LogP contribution < -0.4 is 15.7 Å². The molecule has 3 nitrogen and oxygen atoms in total. The molecule has 0 aromatic heterocycles. The van der Waals surface area contributed by atoms with Crippen molar-refractivity contribution in [2.24, 2.45) is 5.73 Å². The van der Waals surface area contributed by atoms with Crippen LogP contribution >= 0.6 is 0 Å². The molecule has 4 heteroatoms. The summed E-state index contributed by atoms with van der Waals surface area (Å²) in [6.07, 6.45) is -0.756. The van der Waals surface area contributed by atoms with Gasteiger partial charge in [-0.1, -0.05) is 18.2 Å². The monoisotopic (exact) mass is 167 g/mol. The predicted molar refractivity (Wildman–Crippen MR) is 46.2 cm³/mol. The Morgan fingerprint density at radius 2 is 2.09 bits per heavy atom. The lowest BCUT2D eigenvalue weighted by molar-refractivity contribution is 0.211. The maximum Gasteiger partial charge on any atom is 0.409 e. The van der Waals surface area contributed by atoms with Gasteiger partial charge in [-0.25, -0.2) is 4.79 Å². The summed E-state index contributed by atoms with van der Waals surface area (Å²) in [6, 6.07) is 7.34. The number of benzene rings is 1. The highest BCUT2D eigenvalue weighted by Gasteiger charge is 1.99. The van der Waals surface area contributed by atoms with Crippen molar-refractivity contribution in [2.75, 3.05) is 0 Å². The quantitative estimate of drug-likeness (QED) is 0.553. The maximum absolute atomic E-state index is 10.3. The minimum absolute atomic E-state index is 0.576. The minimum Gasteiger partial charge on any atom is -0.411 e. The molecule has 0 saturated carbocycles. The zero-order valence-electron chi connectivity index (χ0n) is 6.20. The standard InChI is InChI=1S/C7H9NO2Si/c8-7(9)10-5-3-1-2-4-6(5)11/h1-4H,11H3,(H2,8,9). The number of amides is 1. The second-order valence-corrected chi connectivity index (χ2v) is 3.26. The molecule has 0 unspecified atom stereocenters. The van der Waals surface area contributed by atoms with Crippen LogP contribution in [0, 0.1) is 0 Å². The number of ether oxygens (including phenoxy) is 1. The lowest BCUT2D eigenvalue weighted by atomic mass is 10.3. The van der Waals surface area contributed by atoms with Crippen LogP contribution in [0.1, 0.15) is 0 Å². The Morgan fingerprint density at radius 1 is 1.45 bits per heavy atom.